The van der Waals surface area contributed by atoms with Gasteiger partial charge in [-0.2, -0.15) is 0 Å². The summed E-state index contributed by atoms with van der Waals surface area (Å²) in [5.41, 5.74) is 0.494. The molecule has 1 unspecified atom stereocenters. The van der Waals surface area contributed by atoms with Crippen LogP contribution in [0.15, 0.2) is 24.3 Å². The molecule has 0 bridgehead atoms. The standard InChI is InChI=1S/C17H25NO3/c1-17(2,16(19)20)14-8-6-10-18(12-14)11-13-7-4-5-9-15(13)21-3/h4-5,7,9,14H,6,8,10-12H2,1-3H3,(H,19,20). The van der Waals surface area contributed by atoms with Gasteiger partial charge in [-0.15, -0.1) is 0 Å². The first-order valence-corrected chi connectivity index (χ1v) is 7.52. The fourth-order valence-electron chi connectivity index (χ4n) is 3.04. The van der Waals surface area contributed by atoms with Crippen LogP contribution in [0.25, 0.3) is 0 Å². The predicted molar refractivity (Wildman–Crippen MR) is 82.4 cm³/mol. The third-order valence-electron chi connectivity index (χ3n) is 4.66. The number of likely N-dealkylation sites (tertiary alicyclic amines) is 1. The molecule has 1 aliphatic heterocycles. The van der Waals surface area contributed by atoms with Crippen molar-refractivity contribution in [3.8, 4) is 5.75 Å². The van der Waals surface area contributed by atoms with Gasteiger partial charge in [0.25, 0.3) is 0 Å². The molecule has 0 spiro atoms. The average molecular weight is 291 g/mol. The molecule has 0 aromatic heterocycles. The quantitative estimate of drug-likeness (QED) is 0.906. The number of carboxylic acids is 1. The number of para-hydroxylation sites is 1. The van der Waals surface area contributed by atoms with Crippen LogP contribution in [0.3, 0.4) is 0 Å². The summed E-state index contributed by atoms with van der Waals surface area (Å²) in [5, 5.41) is 9.41. The molecular weight excluding hydrogens is 266 g/mol. The molecule has 1 heterocycles. The smallest absolute Gasteiger partial charge is 0.309 e. The van der Waals surface area contributed by atoms with Gasteiger partial charge in [0.1, 0.15) is 5.75 Å². The van der Waals surface area contributed by atoms with E-state index in [4.69, 9.17) is 4.74 Å². The van der Waals surface area contributed by atoms with E-state index in [-0.39, 0.29) is 5.92 Å². The van der Waals surface area contributed by atoms with Crippen LogP contribution in [0.4, 0.5) is 0 Å². The van der Waals surface area contributed by atoms with Gasteiger partial charge < -0.3 is 9.84 Å². The lowest BCUT2D eigenvalue weighted by molar-refractivity contribution is -0.151. The van der Waals surface area contributed by atoms with E-state index in [1.54, 1.807) is 7.11 Å². The molecule has 1 fully saturated rings. The minimum absolute atomic E-state index is 0.193. The van der Waals surface area contributed by atoms with E-state index in [0.29, 0.717) is 0 Å². The molecule has 4 nitrogen and oxygen atoms in total. The van der Waals surface area contributed by atoms with Crippen molar-refractivity contribution in [1.82, 2.24) is 4.90 Å². The van der Waals surface area contributed by atoms with Gasteiger partial charge in [0.2, 0.25) is 0 Å². The summed E-state index contributed by atoms with van der Waals surface area (Å²) >= 11 is 0. The van der Waals surface area contributed by atoms with E-state index < -0.39 is 11.4 Å². The maximum Gasteiger partial charge on any atom is 0.309 e. The molecule has 0 aliphatic carbocycles. The lowest BCUT2D eigenvalue weighted by atomic mass is 9.74. The van der Waals surface area contributed by atoms with Gasteiger partial charge in [0.15, 0.2) is 0 Å². The number of nitrogens with zero attached hydrogens (tertiary/aromatic N) is 1. The summed E-state index contributed by atoms with van der Waals surface area (Å²) in [6.45, 7) is 6.34. The zero-order chi connectivity index (χ0) is 15.5. The number of ether oxygens (including phenoxy) is 1. The van der Waals surface area contributed by atoms with Gasteiger partial charge in [0.05, 0.1) is 12.5 Å². The second-order valence-electron chi connectivity index (χ2n) is 6.41. The fourth-order valence-corrected chi connectivity index (χ4v) is 3.04. The summed E-state index contributed by atoms with van der Waals surface area (Å²) in [4.78, 5) is 13.8. The first-order chi connectivity index (χ1) is 9.95. The predicted octanol–water partition coefficient (Wildman–Crippen LogP) is 3.02. The Hall–Kier alpha value is -1.55. The molecule has 1 atom stereocenters. The van der Waals surface area contributed by atoms with E-state index >= 15 is 0 Å². The van der Waals surface area contributed by atoms with E-state index in [9.17, 15) is 9.90 Å². The molecule has 1 aromatic rings. The minimum atomic E-state index is -0.702. The summed E-state index contributed by atoms with van der Waals surface area (Å²) in [6, 6.07) is 8.03. The van der Waals surface area contributed by atoms with Crippen molar-refractivity contribution in [3.63, 3.8) is 0 Å². The number of aliphatic carboxylic acids is 1. The Morgan fingerprint density at radius 3 is 2.81 bits per heavy atom. The number of hydrogen-bond donors (Lipinski definition) is 1. The van der Waals surface area contributed by atoms with E-state index in [1.807, 2.05) is 32.0 Å². The highest BCUT2D eigenvalue weighted by molar-refractivity contribution is 5.74. The van der Waals surface area contributed by atoms with Crippen molar-refractivity contribution in [2.75, 3.05) is 20.2 Å². The fraction of sp³-hybridized carbons (Fsp3) is 0.588. The SMILES string of the molecule is COc1ccccc1CN1CCCC(C(C)(C)C(=O)O)C1. The van der Waals surface area contributed by atoms with Crippen LogP contribution in [-0.4, -0.2) is 36.2 Å². The third kappa shape index (κ3) is 3.56. The van der Waals surface area contributed by atoms with Crippen molar-refractivity contribution < 1.29 is 14.6 Å². The highest BCUT2D eigenvalue weighted by Gasteiger charge is 2.39. The lowest BCUT2D eigenvalue weighted by Crippen LogP contribution is -2.44. The molecule has 1 saturated heterocycles. The Bertz CT molecular complexity index is 499. The molecule has 0 amide bonds. The Morgan fingerprint density at radius 1 is 1.43 bits per heavy atom. The molecule has 1 N–H and O–H groups in total. The first-order valence-electron chi connectivity index (χ1n) is 7.52. The summed E-state index contributed by atoms with van der Waals surface area (Å²) in [6.07, 6.45) is 2.04. The maximum absolute atomic E-state index is 11.4. The Kier molecular flexibility index (Phi) is 4.88. The van der Waals surface area contributed by atoms with Gasteiger partial charge in [-0.3, -0.25) is 9.69 Å². The van der Waals surface area contributed by atoms with Crippen LogP contribution in [0.1, 0.15) is 32.3 Å². The van der Waals surface area contributed by atoms with E-state index in [2.05, 4.69) is 11.0 Å². The summed E-state index contributed by atoms with van der Waals surface area (Å²) in [7, 11) is 1.69. The van der Waals surface area contributed by atoms with Gasteiger partial charge >= 0.3 is 5.97 Å². The van der Waals surface area contributed by atoms with Crippen molar-refractivity contribution in [3.05, 3.63) is 29.8 Å². The molecule has 1 aromatic carbocycles. The minimum Gasteiger partial charge on any atom is -0.496 e. The number of methoxy groups -OCH3 is 1. The number of benzene rings is 1. The van der Waals surface area contributed by atoms with E-state index in [0.717, 1.165) is 43.8 Å². The number of piperidine rings is 1. The molecule has 0 saturated carbocycles. The van der Waals surface area contributed by atoms with Crippen LogP contribution < -0.4 is 4.74 Å². The number of carboxylic acid groups (broad SMARTS) is 1. The first kappa shape index (κ1) is 15.8. The number of rotatable bonds is 5. The zero-order valence-corrected chi connectivity index (χ0v) is 13.1. The topological polar surface area (TPSA) is 49.8 Å². The number of carbonyl (C=O) groups is 1. The Morgan fingerprint density at radius 2 is 2.14 bits per heavy atom. The van der Waals surface area contributed by atoms with Crippen LogP contribution in [0.5, 0.6) is 5.75 Å². The van der Waals surface area contributed by atoms with Gasteiger partial charge in [-0.1, -0.05) is 18.2 Å². The zero-order valence-electron chi connectivity index (χ0n) is 13.1. The summed E-state index contributed by atoms with van der Waals surface area (Å²) < 4.78 is 5.40. The summed E-state index contributed by atoms with van der Waals surface area (Å²) in [5.74, 6) is 0.391. The Labute approximate surface area is 126 Å². The molecule has 116 valence electrons. The Balaban J connectivity index is 2.06. The second-order valence-corrected chi connectivity index (χ2v) is 6.41. The monoisotopic (exact) mass is 291 g/mol. The normalized spacial score (nSPS) is 20.2. The molecule has 4 heteroatoms. The van der Waals surface area contributed by atoms with Crippen molar-refractivity contribution in [2.24, 2.45) is 11.3 Å². The van der Waals surface area contributed by atoms with Crippen molar-refractivity contribution >= 4 is 5.97 Å². The lowest BCUT2D eigenvalue weighted by Gasteiger charge is -2.39. The molecule has 0 radical (unpaired) electrons. The average Bonchev–Trinajstić information content (AvgIpc) is 2.48. The van der Waals surface area contributed by atoms with Crippen LogP contribution >= 0.6 is 0 Å². The maximum atomic E-state index is 11.4. The van der Waals surface area contributed by atoms with Crippen LogP contribution in [0.2, 0.25) is 0 Å². The van der Waals surface area contributed by atoms with E-state index in [1.165, 1.54) is 0 Å². The molecule has 1 aliphatic rings. The van der Waals surface area contributed by atoms with Gasteiger partial charge in [0, 0.05) is 18.7 Å². The third-order valence-corrected chi connectivity index (χ3v) is 4.66. The molecule has 2 rings (SSSR count). The molecular formula is C17H25NO3. The van der Waals surface area contributed by atoms with Crippen molar-refractivity contribution in [2.45, 2.75) is 33.2 Å². The number of hydrogen-bond acceptors (Lipinski definition) is 3. The molecule has 21 heavy (non-hydrogen) atoms. The van der Waals surface area contributed by atoms with Gasteiger partial charge in [-0.05, 0) is 45.2 Å². The largest absolute Gasteiger partial charge is 0.496 e. The van der Waals surface area contributed by atoms with Gasteiger partial charge in [-0.25, -0.2) is 0 Å². The van der Waals surface area contributed by atoms with Crippen LogP contribution in [-0.2, 0) is 11.3 Å². The second kappa shape index (κ2) is 6.48. The van der Waals surface area contributed by atoms with Crippen molar-refractivity contribution in [1.29, 1.82) is 0 Å². The highest BCUT2D eigenvalue weighted by Crippen LogP contribution is 2.35. The van der Waals surface area contributed by atoms with Crippen LogP contribution in [0, 0.1) is 11.3 Å². The highest BCUT2D eigenvalue weighted by atomic mass is 16.5.